The summed E-state index contributed by atoms with van der Waals surface area (Å²) in [7, 11) is -3.31. The van der Waals surface area contributed by atoms with Crippen LogP contribution in [0.1, 0.15) is 63.6 Å². The number of amides is 1. The fourth-order valence-electron chi connectivity index (χ4n) is 3.67. The molecule has 1 heterocycles. The summed E-state index contributed by atoms with van der Waals surface area (Å²) in [6.07, 6.45) is 10.3. The van der Waals surface area contributed by atoms with Crippen molar-refractivity contribution in [2.24, 2.45) is 5.16 Å². The number of benzene rings is 1. The molecule has 1 aromatic carbocycles. The molecule has 2 aliphatic rings. The van der Waals surface area contributed by atoms with Crippen molar-refractivity contribution in [3.05, 3.63) is 53.5 Å². The summed E-state index contributed by atoms with van der Waals surface area (Å²) in [5, 5.41) is 6.58. The van der Waals surface area contributed by atoms with E-state index < -0.39 is 15.7 Å². The van der Waals surface area contributed by atoms with E-state index in [0.717, 1.165) is 31.3 Å². The molecule has 4 rings (SSSR count). The molecule has 8 nitrogen and oxygen atoms in total. The molecule has 174 valence electrons. The van der Waals surface area contributed by atoms with E-state index in [1.807, 2.05) is 19.9 Å². The Labute approximate surface area is 194 Å². The molecule has 1 amide bonds. The largest absolute Gasteiger partial charge is 0.392 e. The van der Waals surface area contributed by atoms with Crippen LogP contribution >= 0.6 is 0 Å². The Hall–Kier alpha value is -3.07. The topological polar surface area (TPSA) is 111 Å². The molecule has 0 radical (unpaired) electrons. The second-order valence-corrected chi connectivity index (χ2v) is 11.0. The number of hydrogen-bond acceptors (Lipinski definition) is 7. The van der Waals surface area contributed by atoms with E-state index in [4.69, 9.17) is 4.84 Å². The zero-order valence-electron chi connectivity index (χ0n) is 18.8. The lowest BCUT2D eigenvalue weighted by Crippen LogP contribution is -2.25. The Morgan fingerprint density at radius 3 is 2.33 bits per heavy atom. The van der Waals surface area contributed by atoms with Crippen LogP contribution in [-0.4, -0.2) is 41.4 Å². The number of nitrogens with zero attached hydrogens (tertiary/aromatic N) is 3. The highest BCUT2D eigenvalue weighted by atomic mass is 32.2. The van der Waals surface area contributed by atoms with Gasteiger partial charge in [0.25, 0.3) is 5.91 Å². The van der Waals surface area contributed by atoms with Gasteiger partial charge in [0.05, 0.1) is 28.2 Å². The molecule has 9 heteroatoms. The Kier molecular flexibility index (Phi) is 6.88. The van der Waals surface area contributed by atoms with Gasteiger partial charge in [0.15, 0.2) is 21.4 Å². The molecule has 2 aromatic rings. The van der Waals surface area contributed by atoms with Crippen molar-refractivity contribution in [2.75, 3.05) is 5.32 Å². The summed E-state index contributed by atoms with van der Waals surface area (Å²) in [5.41, 5.74) is 2.31. The SMILES string of the molecule is CC(C)=Cc1cnc(NC(=O)C(=NOC2CCCC2)c2ccc(S(=O)(=O)C3CC3)cc2)cn1. The van der Waals surface area contributed by atoms with E-state index in [9.17, 15) is 13.2 Å². The average Bonchev–Trinajstić information content (AvgIpc) is 3.53. The summed E-state index contributed by atoms with van der Waals surface area (Å²) < 4.78 is 25.0. The van der Waals surface area contributed by atoms with E-state index in [2.05, 4.69) is 20.4 Å². The monoisotopic (exact) mass is 468 g/mol. The molecular weight excluding hydrogens is 440 g/mol. The predicted molar refractivity (Wildman–Crippen MR) is 127 cm³/mol. The quantitative estimate of drug-likeness (QED) is 0.460. The molecule has 0 atom stereocenters. The van der Waals surface area contributed by atoms with Crippen LogP contribution in [0.2, 0.25) is 0 Å². The van der Waals surface area contributed by atoms with Crippen LogP contribution in [0.25, 0.3) is 6.08 Å². The first-order chi connectivity index (χ1) is 15.8. The molecule has 33 heavy (non-hydrogen) atoms. The minimum atomic E-state index is -3.31. The number of carbonyl (C=O) groups excluding carboxylic acids is 1. The lowest BCUT2D eigenvalue weighted by atomic mass is 10.1. The number of sulfone groups is 1. The van der Waals surface area contributed by atoms with Crippen molar-refractivity contribution in [1.82, 2.24) is 9.97 Å². The highest BCUT2D eigenvalue weighted by molar-refractivity contribution is 7.92. The predicted octanol–water partition coefficient (Wildman–Crippen LogP) is 4.14. The van der Waals surface area contributed by atoms with Gasteiger partial charge in [-0.05, 0) is 70.6 Å². The number of aromatic nitrogens is 2. The summed E-state index contributed by atoms with van der Waals surface area (Å²) in [5.74, 6) is -0.220. The lowest BCUT2D eigenvalue weighted by molar-refractivity contribution is -0.110. The van der Waals surface area contributed by atoms with Crippen LogP contribution in [0.4, 0.5) is 5.82 Å². The fourth-order valence-corrected chi connectivity index (χ4v) is 5.32. The number of nitrogens with one attached hydrogen (secondary N) is 1. The van der Waals surface area contributed by atoms with Crippen LogP contribution in [0.5, 0.6) is 0 Å². The summed E-state index contributed by atoms with van der Waals surface area (Å²) >= 11 is 0. The van der Waals surface area contributed by atoms with Gasteiger partial charge in [-0.1, -0.05) is 22.9 Å². The van der Waals surface area contributed by atoms with E-state index in [1.54, 1.807) is 18.3 Å². The van der Waals surface area contributed by atoms with Crippen molar-refractivity contribution in [3.63, 3.8) is 0 Å². The number of carbonyl (C=O) groups is 1. The van der Waals surface area contributed by atoms with Crippen molar-refractivity contribution in [2.45, 2.75) is 68.6 Å². The average molecular weight is 469 g/mol. The van der Waals surface area contributed by atoms with Crippen LogP contribution in [-0.2, 0) is 19.5 Å². The molecule has 0 saturated heterocycles. The van der Waals surface area contributed by atoms with Crippen molar-refractivity contribution < 1.29 is 18.0 Å². The van der Waals surface area contributed by atoms with Gasteiger partial charge >= 0.3 is 0 Å². The molecule has 0 unspecified atom stereocenters. The van der Waals surface area contributed by atoms with Gasteiger partial charge in [0, 0.05) is 5.56 Å². The van der Waals surface area contributed by atoms with Crippen LogP contribution in [0, 0.1) is 0 Å². The van der Waals surface area contributed by atoms with Crippen LogP contribution < -0.4 is 5.32 Å². The Morgan fingerprint density at radius 2 is 1.76 bits per heavy atom. The molecule has 0 bridgehead atoms. The second-order valence-electron chi connectivity index (χ2n) is 8.72. The summed E-state index contributed by atoms with van der Waals surface area (Å²) in [6, 6.07) is 6.23. The van der Waals surface area contributed by atoms with Crippen molar-refractivity contribution in [1.29, 1.82) is 0 Å². The van der Waals surface area contributed by atoms with Crippen molar-refractivity contribution in [3.8, 4) is 0 Å². The van der Waals surface area contributed by atoms with Gasteiger partial charge in [0.2, 0.25) is 0 Å². The highest BCUT2D eigenvalue weighted by Gasteiger charge is 2.36. The smallest absolute Gasteiger partial charge is 0.279 e. The minimum Gasteiger partial charge on any atom is -0.392 e. The fraction of sp³-hybridized carbons (Fsp3) is 0.417. The maximum Gasteiger partial charge on any atom is 0.279 e. The standard InChI is InChI=1S/C24H28N4O4S/c1-16(2)13-18-14-26-22(15-25-18)27-24(29)23(28-32-19-5-3-4-6-19)17-7-9-20(10-8-17)33(30,31)21-11-12-21/h7-10,13-15,19,21H,3-6,11-12H2,1-2H3,(H,26,27,29). The molecule has 0 aliphatic heterocycles. The zero-order chi connectivity index (χ0) is 23.4. The van der Waals surface area contributed by atoms with E-state index in [0.29, 0.717) is 24.1 Å². The minimum absolute atomic E-state index is 0.0227. The van der Waals surface area contributed by atoms with Gasteiger partial charge in [-0.3, -0.25) is 9.78 Å². The number of rotatable bonds is 8. The highest BCUT2D eigenvalue weighted by Crippen LogP contribution is 2.33. The zero-order valence-corrected chi connectivity index (χ0v) is 19.6. The Balaban J connectivity index is 1.55. The van der Waals surface area contributed by atoms with Gasteiger partial charge in [-0.15, -0.1) is 0 Å². The van der Waals surface area contributed by atoms with Gasteiger partial charge in [0.1, 0.15) is 6.10 Å². The first-order valence-electron chi connectivity index (χ1n) is 11.2. The Bertz CT molecular complexity index is 1160. The molecule has 2 fully saturated rings. The number of hydrogen-bond donors (Lipinski definition) is 1. The number of oxime groups is 1. The van der Waals surface area contributed by atoms with E-state index in [-0.39, 0.29) is 27.8 Å². The maximum absolute atomic E-state index is 13.1. The normalized spacial score (nSPS) is 17.0. The number of allylic oxidation sites excluding steroid dienone is 1. The van der Waals surface area contributed by atoms with E-state index in [1.165, 1.54) is 18.3 Å². The molecule has 1 aromatic heterocycles. The van der Waals surface area contributed by atoms with Gasteiger partial charge in [-0.2, -0.15) is 0 Å². The molecule has 2 saturated carbocycles. The third-order valence-corrected chi connectivity index (χ3v) is 7.86. The molecular formula is C24H28N4O4S. The third kappa shape index (κ3) is 5.84. The molecule has 1 N–H and O–H groups in total. The summed E-state index contributed by atoms with van der Waals surface area (Å²) in [6.45, 7) is 3.93. The van der Waals surface area contributed by atoms with E-state index >= 15 is 0 Å². The Morgan fingerprint density at radius 1 is 1.06 bits per heavy atom. The van der Waals surface area contributed by atoms with Gasteiger partial charge in [-0.25, -0.2) is 13.4 Å². The first-order valence-corrected chi connectivity index (χ1v) is 12.7. The van der Waals surface area contributed by atoms with Gasteiger partial charge < -0.3 is 10.2 Å². The number of anilines is 1. The lowest BCUT2D eigenvalue weighted by Gasteiger charge is -2.11. The second kappa shape index (κ2) is 9.82. The van der Waals surface area contributed by atoms with Crippen LogP contribution in [0.3, 0.4) is 0 Å². The molecule has 0 spiro atoms. The molecule has 2 aliphatic carbocycles. The third-order valence-electron chi connectivity index (χ3n) is 5.58. The van der Waals surface area contributed by atoms with Crippen molar-refractivity contribution >= 4 is 33.4 Å². The first kappa shape index (κ1) is 23.1. The van der Waals surface area contributed by atoms with Crippen LogP contribution in [0.15, 0.2) is 52.3 Å². The summed E-state index contributed by atoms with van der Waals surface area (Å²) in [4.78, 5) is 27.5. The maximum atomic E-state index is 13.1.